The summed E-state index contributed by atoms with van der Waals surface area (Å²) in [6, 6.07) is 1.98. The number of hydrogen-bond donors (Lipinski definition) is 0. The number of ketones is 1. The molecule has 7 heteroatoms. The summed E-state index contributed by atoms with van der Waals surface area (Å²) in [6.07, 6.45) is 4.04. The first-order valence-electron chi connectivity index (χ1n) is 12.3. The summed E-state index contributed by atoms with van der Waals surface area (Å²) in [6.45, 7) is 8.14. The molecule has 0 amide bonds. The Morgan fingerprint density at radius 3 is 2.65 bits per heavy atom. The summed E-state index contributed by atoms with van der Waals surface area (Å²) in [5.74, 6) is -1.02. The standard InChI is InChI=1S/C27H32O7/c1-13-15(14-7-9-32-12-14)10-16-20(13)27(4)17(11-19(29)31-5)26(3)18(28)6-8-25(2)22(26)21(23(27)33-16)34-24(25)30/h7,9,12,15-17,21-23H,6,8,10-11H2,1-5H3/t15-,16-,17-,21-,22-,23+,25-,26-,27-/m1/s1. The van der Waals surface area contributed by atoms with Crippen LogP contribution in [0, 0.1) is 28.1 Å². The molecule has 2 aliphatic heterocycles. The monoisotopic (exact) mass is 468 g/mol. The minimum absolute atomic E-state index is 0.0997. The summed E-state index contributed by atoms with van der Waals surface area (Å²) < 4.78 is 23.3. The van der Waals surface area contributed by atoms with Crippen LogP contribution in [0.5, 0.6) is 0 Å². The lowest BCUT2D eigenvalue weighted by molar-refractivity contribution is -0.197. The van der Waals surface area contributed by atoms with Crippen LogP contribution in [0.3, 0.4) is 0 Å². The molecule has 3 heterocycles. The van der Waals surface area contributed by atoms with Crippen LogP contribution in [-0.2, 0) is 28.6 Å². The van der Waals surface area contributed by atoms with Crippen molar-refractivity contribution in [3.8, 4) is 0 Å². The number of furan rings is 1. The highest BCUT2D eigenvalue weighted by molar-refractivity contribution is 5.92. The van der Waals surface area contributed by atoms with Gasteiger partial charge in [-0.1, -0.05) is 19.4 Å². The van der Waals surface area contributed by atoms with Gasteiger partial charge in [0.2, 0.25) is 0 Å². The molecular formula is C27H32O7. The Balaban J connectivity index is 1.56. The summed E-state index contributed by atoms with van der Waals surface area (Å²) >= 11 is 0. The van der Waals surface area contributed by atoms with Gasteiger partial charge in [0.1, 0.15) is 18.0 Å². The van der Waals surface area contributed by atoms with Crippen LogP contribution < -0.4 is 0 Å². The highest BCUT2D eigenvalue weighted by Crippen LogP contribution is 2.72. The van der Waals surface area contributed by atoms with Gasteiger partial charge in [-0.3, -0.25) is 14.4 Å². The largest absolute Gasteiger partial charge is 0.472 e. The lowest BCUT2D eigenvalue weighted by Crippen LogP contribution is -2.67. The molecule has 0 radical (unpaired) electrons. The Morgan fingerprint density at radius 2 is 1.97 bits per heavy atom. The number of methoxy groups -OCH3 is 1. The maximum Gasteiger partial charge on any atom is 0.312 e. The third-order valence-electron chi connectivity index (χ3n) is 10.3. The molecule has 34 heavy (non-hydrogen) atoms. The molecule has 3 aliphatic carbocycles. The van der Waals surface area contributed by atoms with E-state index in [4.69, 9.17) is 18.6 Å². The normalized spacial score (nSPS) is 46.7. The molecule has 6 rings (SSSR count). The van der Waals surface area contributed by atoms with Gasteiger partial charge in [0.15, 0.2) is 0 Å². The third kappa shape index (κ3) is 2.39. The molecule has 2 saturated heterocycles. The highest BCUT2D eigenvalue weighted by Gasteiger charge is 2.78. The van der Waals surface area contributed by atoms with Crippen LogP contribution in [0.1, 0.15) is 64.9 Å². The summed E-state index contributed by atoms with van der Waals surface area (Å²) in [5, 5.41) is 0. The van der Waals surface area contributed by atoms with Crippen molar-refractivity contribution in [2.75, 3.05) is 7.11 Å². The van der Waals surface area contributed by atoms with Gasteiger partial charge in [-0.2, -0.15) is 0 Å². The first-order valence-corrected chi connectivity index (χ1v) is 12.3. The second-order valence-electron chi connectivity index (χ2n) is 11.6. The first kappa shape index (κ1) is 22.1. The second kappa shape index (κ2) is 6.84. The number of carbonyl (C=O) groups excluding carboxylic acids is 3. The lowest BCUT2D eigenvalue weighted by atomic mass is 9.40. The van der Waals surface area contributed by atoms with E-state index in [1.807, 2.05) is 19.9 Å². The van der Waals surface area contributed by atoms with Gasteiger partial charge < -0.3 is 18.6 Å². The average molecular weight is 469 g/mol. The molecule has 182 valence electrons. The molecule has 1 aromatic heterocycles. The minimum Gasteiger partial charge on any atom is -0.472 e. The zero-order valence-electron chi connectivity index (χ0n) is 20.4. The van der Waals surface area contributed by atoms with Crippen LogP contribution >= 0.6 is 0 Å². The SMILES string of the molecule is COC(=O)C[C@H]1[C@]2(C)C3=C(C)[C@H](c4ccoc4)C[C@H]3O[C@H]2[C@@H]2OC(=O)[C@]3(C)CCC(=O)[C@]1(C)[C@H]23. The zero-order valence-corrected chi connectivity index (χ0v) is 20.4. The quantitative estimate of drug-likeness (QED) is 0.490. The van der Waals surface area contributed by atoms with Crippen molar-refractivity contribution in [3.63, 3.8) is 0 Å². The van der Waals surface area contributed by atoms with Crippen LogP contribution in [0.25, 0.3) is 0 Å². The third-order valence-corrected chi connectivity index (χ3v) is 10.3. The Hall–Kier alpha value is -2.41. The predicted octanol–water partition coefficient (Wildman–Crippen LogP) is 3.97. The summed E-state index contributed by atoms with van der Waals surface area (Å²) in [5.41, 5.74) is 1.15. The van der Waals surface area contributed by atoms with Crippen molar-refractivity contribution in [2.24, 2.45) is 28.1 Å². The van der Waals surface area contributed by atoms with E-state index in [0.29, 0.717) is 12.8 Å². The van der Waals surface area contributed by atoms with E-state index in [1.54, 1.807) is 12.5 Å². The van der Waals surface area contributed by atoms with Gasteiger partial charge >= 0.3 is 11.9 Å². The fourth-order valence-electron chi connectivity index (χ4n) is 8.82. The molecule has 7 nitrogen and oxygen atoms in total. The Kier molecular flexibility index (Phi) is 4.44. The topological polar surface area (TPSA) is 92.0 Å². The number of Topliss-reactive ketones (excluding diaryl/α,β-unsaturated/α-hetero) is 1. The molecule has 0 N–H and O–H groups in total. The van der Waals surface area contributed by atoms with E-state index in [0.717, 1.165) is 17.6 Å². The Morgan fingerprint density at radius 1 is 1.21 bits per heavy atom. The molecule has 5 aliphatic rings. The van der Waals surface area contributed by atoms with Crippen molar-refractivity contribution in [3.05, 3.63) is 35.3 Å². The smallest absolute Gasteiger partial charge is 0.312 e. The molecule has 0 unspecified atom stereocenters. The number of rotatable bonds is 3. The van der Waals surface area contributed by atoms with Crippen LogP contribution in [0.4, 0.5) is 0 Å². The fraction of sp³-hybridized carbons (Fsp3) is 0.667. The van der Waals surface area contributed by atoms with E-state index >= 15 is 0 Å². The molecule has 1 aromatic rings. The Bertz CT molecular complexity index is 1120. The molecule has 0 bridgehead atoms. The first-order chi connectivity index (χ1) is 16.1. The summed E-state index contributed by atoms with van der Waals surface area (Å²) in [7, 11) is 1.38. The van der Waals surface area contributed by atoms with Gasteiger partial charge in [-0.15, -0.1) is 0 Å². The lowest BCUT2D eigenvalue weighted by Gasteiger charge is -2.60. The van der Waals surface area contributed by atoms with Gasteiger partial charge in [-0.05, 0) is 49.8 Å². The minimum atomic E-state index is -0.900. The van der Waals surface area contributed by atoms with E-state index in [1.165, 1.54) is 12.7 Å². The maximum atomic E-state index is 13.8. The highest BCUT2D eigenvalue weighted by atomic mass is 16.6. The predicted molar refractivity (Wildman–Crippen MR) is 119 cm³/mol. The maximum absolute atomic E-state index is 13.8. The molecule has 9 atom stereocenters. The Labute approximate surface area is 199 Å². The molecule has 0 spiro atoms. The molecular weight excluding hydrogens is 436 g/mol. The molecule has 2 saturated carbocycles. The van der Waals surface area contributed by atoms with Crippen LogP contribution in [-0.4, -0.2) is 43.1 Å². The van der Waals surface area contributed by atoms with Crippen LogP contribution in [0.15, 0.2) is 34.2 Å². The van der Waals surface area contributed by atoms with Gasteiger partial charge in [0.25, 0.3) is 0 Å². The van der Waals surface area contributed by atoms with Crippen molar-refractivity contribution in [2.45, 2.75) is 77.6 Å². The van der Waals surface area contributed by atoms with E-state index < -0.39 is 28.5 Å². The zero-order chi connectivity index (χ0) is 24.2. The number of hydrogen-bond acceptors (Lipinski definition) is 7. The van der Waals surface area contributed by atoms with E-state index in [9.17, 15) is 14.4 Å². The number of ether oxygens (including phenoxy) is 3. The number of carbonyl (C=O) groups is 3. The average Bonchev–Trinajstić information content (AvgIpc) is 3.54. The number of allylic oxidation sites excluding steroid dienone is 1. The van der Waals surface area contributed by atoms with Crippen molar-refractivity contribution in [1.29, 1.82) is 0 Å². The summed E-state index contributed by atoms with van der Waals surface area (Å²) in [4.78, 5) is 39.8. The number of fused-ring (bicyclic) bond motifs is 4. The number of esters is 2. The van der Waals surface area contributed by atoms with Gasteiger partial charge in [0.05, 0.1) is 37.6 Å². The van der Waals surface area contributed by atoms with Crippen molar-refractivity contribution >= 4 is 17.7 Å². The fourth-order valence-corrected chi connectivity index (χ4v) is 8.82. The van der Waals surface area contributed by atoms with Crippen LogP contribution in [0.2, 0.25) is 0 Å². The van der Waals surface area contributed by atoms with Gasteiger partial charge in [-0.25, -0.2) is 0 Å². The second-order valence-corrected chi connectivity index (χ2v) is 11.6. The van der Waals surface area contributed by atoms with Crippen molar-refractivity contribution in [1.82, 2.24) is 0 Å². The molecule has 0 aromatic carbocycles. The van der Waals surface area contributed by atoms with E-state index in [-0.39, 0.29) is 48.0 Å². The van der Waals surface area contributed by atoms with Crippen molar-refractivity contribution < 1.29 is 33.0 Å². The van der Waals surface area contributed by atoms with E-state index in [2.05, 4.69) is 13.8 Å². The van der Waals surface area contributed by atoms with Gasteiger partial charge in [0, 0.05) is 29.1 Å². The molecule has 4 fully saturated rings.